The minimum absolute atomic E-state index is 0.00294. The molecule has 136 valence electrons. The van der Waals surface area contributed by atoms with Crippen molar-refractivity contribution in [1.82, 2.24) is 19.6 Å². The van der Waals surface area contributed by atoms with Crippen LogP contribution < -0.4 is 5.32 Å². The van der Waals surface area contributed by atoms with Crippen molar-refractivity contribution in [2.75, 3.05) is 12.4 Å². The number of nitrogens with zero attached hydrogens (tertiary/aromatic N) is 4. The highest BCUT2D eigenvalue weighted by molar-refractivity contribution is 7.91. The van der Waals surface area contributed by atoms with E-state index < -0.39 is 9.84 Å². The Labute approximate surface area is 160 Å². The van der Waals surface area contributed by atoms with Crippen LogP contribution in [-0.4, -0.2) is 35.0 Å². The highest BCUT2D eigenvalue weighted by Gasteiger charge is 2.28. The molecule has 4 rings (SSSR count). The third-order valence-electron chi connectivity index (χ3n) is 4.03. The lowest BCUT2D eigenvalue weighted by molar-refractivity contribution is 0.597. The molecule has 27 heavy (non-hydrogen) atoms. The van der Waals surface area contributed by atoms with Gasteiger partial charge in [0.25, 0.3) is 0 Å². The van der Waals surface area contributed by atoms with E-state index in [-0.39, 0.29) is 21.3 Å². The molecule has 9 heteroatoms. The molecule has 1 aromatic carbocycles. The van der Waals surface area contributed by atoms with E-state index in [0.29, 0.717) is 10.7 Å². The number of aromatic nitrogens is 4. The van der Waals surface area contributed by atoms with Crippen LogP contribution in [0.3, 0.4) is 0 Å². The molecule has 0 aliphatic rings. The van der Waals surface area contributed by atoms with Crippen LogP contribution in [0.2, 0.25) is 5.02 Å². The molecule has 3 aromatic heterocycles. The van der Waals surface area contributed by atoms with Crippen molar-refractivity contribution in [1.29, 1.82) is 0 Å². The number of hydrogen-bond acceptors (Lipinski definition) is 6. The highest BCUT2D eigenvalue weighted by Crippen LogP contribution is 2.32. The first kappa shape index (κ1) is 17.4. The van der Waals surface area contributed by atoms with Crippen LogP contribution in [0.4, 0.5) is 5.82 Å². The SMILES string of the molecule is CNc1nn2ccc(-c3ccncc3)nc2c1S(=O)(=O)c1cccc(Cl)c1. The van der Waals surface area contributed by atoms with Crippen molar-refractivity contribution in [2.24, 2.45) is 0 Å². The number of fused-ring (bicyclic) bond motifs is 1. The number of sulfone groups is 1. The number of rotatable bonds is 4. The number of hydrogen-bond donors (Lipinski definition) is 1. The zero-order chi connectivity index (χ0) is 19.0. The minimum Gasteiger partial charge on any atom is -0.370 e. The predicted octanol–water partition coefficient (Wildman–Crippen LogP) is 3.32. The average molecular weight is 400 g/mol. The van der Waals surface area contributed by atoms with Crippen LogP contribution in [0.5, 0.6) is 0 Å². The van der Waals surface area contributed by atoms with Gasteiger partial charge in [-0.15, -0.1) is 5.10 Å². The van der Waals surface area contributed by atoms with Crippen molar-refractivity contribution in [3.8, 4) is 11.3 Å². The summed E-state index contributed by atoms with van der Waals surface area (Å²) < 4.78 is 28.0. The van der Waals surface area contributed by atoms with E-state index in [2.05, 4.69) is 20.4 Å². The molecule has 4 aromatic rings. The molecule has 0 aliphatic heterocycles. The third kappa shape index (κ3) is 3.02. The van der Waals surface area contributed by atoms with Crippen molar-refractivity contribution in [3.05, 3.63) is 66.1 Å². The first-order chi connectivity index (χ1) is 13.0. The first-order valence-electron chi connectivity index (χ1n) is 7.99. The summed E-state index contributed by atoms with van der Waals surface area (Å²) in [7, 11) is -2.28. The summed E-state index contributed by atoms with van der Waals surface area (Å²) in [6.07, 6.45) is 4.98. The molecule has 0 amide bonds. The summed E-state index contributed by atoms with van der Waals surface area (Å²) >= 11 is 5.99. The van der Waals surface area contributed by atoms with Gasteiger partial charge in [0.1, 0.15) is 0 Å². The molecule has 0 spiro atoms. The Morgan fingerprint density at radius 2 is 1.89 bits per heavy atom. The van der Waals surface area contributed by atoms with Crippen LogP contribution in [0.25, 0.3) is 16.9 Å². The Kier molecular flexibility index (Phi) is 4.29. The first-order valence-corrected chi connectivity index (χ1v) is 9.85. The smallest absolute Gasteiger partial charge is 0.214 e. The second-order valence-corrected chi connectivity index (χ2v) is 8.03. The summed E-state index contributed by atoms with van der Waals surface area (Å²) in [5.74, 6) is 0.217. The van der Waals surface area contributed by atoms with Crippen molar-refractivity contribution < 1.29 is 8.42 Å². The monoisotopic (exact) mass is 399 g/mol. The Bertz CT molecular complexity index is 1240. The largest absolute Gasteiger partial charge is 0.370 e. The quantitative estimate of drug-likeness (QED) is 0.566. The molecule has 0 fully saturated rings. The highest BCUT2D eigenvalue weighted by atomic mass is 35.5. The number of anilines is 1. The maximum absolute atomic E-state index is 13.3. The van der Waals surface area contributed by atoms with Gasteiger partial charge in [0.15, 0.2) is 16.4 Å². The van der Waals surface area contributed by atoms with E-state index in [1.54, 1.807) is 56.0 Å². The van der Waals surface area contributed by atoms with Gasteiger partial charge in [-0.2, -0.15) is 0 Å². The molecule has 0 radical (unpaired) electrons. The lowest BCUT2D eigenvalue weighted by Crippen LogP contribution is -2.05. The Morgan fingerprint density at radius 1 is 1.11 bits per heavy atom. The normalized spacial score (nSPS) is 11.6. The third-order valence-corrected chi connectivity index (χ3v) is 6.05. The zero-order valence-electron chi connectivity index (χ0n) is 14.2. The van der Waals surface area contributed by atoms with Crippen LogP contribution in [0.1, 0.15) is 0 Å². The molecular formula is C18H14ClN5O2S. The van der Waals surface area contributed by atoms with E-state index in [0.717, 1.165) is 5.56 Å². The van der Waals surface area contributed by atoms with E-state index in [1.807, 2.05) is 0 Å². The van der Waals surface area contributed by atoms with Crippen LogP contribution in [0, 0.1) is 0 Å². The molecule has 7 nitrogen and oxygen atoms in total. The van der Waals surface area contributed by atoms with Crippen molar-refractivity contribution >= 4 is 32.9 Å². The van der Waals surface area contributed by atoms with Gasteiger partial charge in [-0.3, -0.25) is 4.98 Å². The summed E-state index contributed by atoms with van der Waals surface area (Å²) in [4.78, 5) is 8.62. The zero-order valence-corrected chi connectivity index (χ0v) is 15.7. The molecule has 1 N–H and O–H groups in total. The number of pyridine rings is 1. The van der Waals surface area contributed by atoms with Gasteiger partial charge in [0.05, 0.1) is 10.6 Å². The molecule has 0 bridgehead atoms. The summed E-state index contributed by atoms with van der Waals surface area (Å²) in [6.45, 7) is 0. The summed E-state index contributed by atoms with van der Waals surface area (Å²) in [6, 6.07) is 11.5. The van der Waals surface area contributed by atoms with E-state index in [1.165, 1.54) is 16.6 Å². The molecule has 0 saturated carbocycles. The number of nitrogens with one attached hydrogen (secondary N) is 1. The van der Waals surface area contributed by atoms with Gasteiger partial charge < -0.3 is 5.32 Å². The second-order valence-electron chi connectivity index (χ2n) is 5.71. The number of halogens is 1. The standard InChI is InChI=1S/C18H14ClN5O2S/c1-20-17-16(27(25,26)14-4-2-3-13(19)11-14)18-22-15(7-10-24(18)23-17)12-5-8-21-9-6-12/h2-11H,1H3,(H,20,23). The molecule has 0 aliphatic carbocycles. The van der Waals surface area contributed by atoms with Gasteiger partial charge in [-0.05, 0) is 36.4 Å². The van der Waals surface area contributed by atoms with Crippen LogP contribution in [0.15, 0.2) is 70.8 Å². The molecule has 3 heterocycles. The molecule has 0 atom stereocenters. The molecule has 0 saturated heterocycles. The van der Waals surface area contributed by atoms with E-state index in [4.69, 9.17) is 11.6 Å². The fourth-order valence-electron chi connectivity index (χ4n) is 2.76. The lowest BCUT2D eigenvalue weighted by atomic mass is 10.2. The predicted molar refractivity (Wildman–Crippen MR) is 103 cm³/mol. The van der Waals surface area contributed by atoms with Gasteiger partial charge in [0.2, 0.25) is 9.84 Å². The van der Waals surface area contributed by atoms with E-state index in [9.17, 15) is 8.42 Å². The van der Waals surface area contributed by atoms with E-state index >= 15 is 0 Å². The lowest BCUT2D eigenvalue weighted by Gasteiger charge is -2.06. The van der Waals surface area contributed by atoms with Crippen LogP contribution >= 0.6 is 11.6 Å². The molecule has 0 unspecified atom stereocenters. The fraction of sp³-hybridized carbons (Fsp3) is 0.0556. The van der Waals surface area contributed by atoms with Gasteiger partial charge in [-0.25, -0.2) is 17.9 Å². The van der Waals surface area contributed by atoms with Crippen molar-refractivity contribution in [2.45, 2.75) is 9.79 Å². The van der Waals surface area contributed by atoms with Crippen molar-refractivity contribution in [3.63, 3.8) is 0 Å². The molecular weight excluding hydrogens is 386 g/mol. The van der Waals surface area contributed by atoms with Gasteiger partial charge in [0, 0.05) is 36.2 Å². The topological polar surface area (TPSA) is 89.2 Å². The fourth-order valence-corrected chi connectivity index (χ4v) is 4.56. The summed E-state index contributed by atoms with van der Waals surface area (Å²) in [5.41, 5.74) is 1.68. The maximum atomic E-state index is 13.3. The minimum atomic E-state index is -3.89. The van der Waals surface area contributed by atoms with Gasteiger partial charge in [-0.1, -0.05) is 17.7 Å². The second kappa shape index (κ2) is 6.64. The average Bonchev–Trinajstić information content (AvgIpc) is 3.07. The Hall–Kier alpha value is -2.97. The number of benzene rings is 1. The van der Waals surface area contributed by atoms with Gasteiger partial charge >= 0.3 is 0 Å². The summed E-state index contributed by atoms with van der Waals surface area (Å²) in [5, 5.41) is 7.48. The maximum Gasteiger partial charge on any atom is 0.214 e. The van der Waals surface area contributed by atoms with Crippen LogP contribution in [-0.2, 0) is 9.84 Å². The Balaban J connectivity index is 1.98. The Morgan fingerprint density at radius 3 is 2.59 bits per heavy atom.